The molecule has 0 radical (unpaired) electrons. The SMILES string of the molecule is O=S1(=O)[C@H](Cc2ccccc2)[C@H](OCc2cccc(Br)c2)[C@H](O)[C@@H](O)[C@@H](OCc2cccc(Br)c2)[C@H]1Cc1ccccc1. The van der Waals surface area contributed by atoms with Gasteiger partial charge < -0.3 is 19.7 Å². The average Bonchev–Trinajstić information content (AvgIpc) is 3.05. The van der Waals surface area contributed by atoms with Gasteiger partial charge in [0.25, 0.3) is 0 Å². The molecule has 2 N–H and O–H groups in total. The third-order valence-corrected chi connectivity index (χ3v) is 11.4. The van der Waals surface area contributed by atoms with Crippen molar-refractivity contribution in [3.8, 4) is 0 Å². The first kappa shape index (κ1) is 32.0. The quantitative estimate of drug-likeness (QED) is 0.207. The normalized spacial score (nSPS) is 25.2. The van der Waals surface area contributed by atoms with Crippen LogP contribution in [0.15, 0.2) is 118 Å². The molecule has 0 spiro atoms. The van der Waals surface area contributed by atoms with E-state index >= 15 is 0 Å². The minimum absolute atomic E-state index is 0.0572. The van der Waals surface area contributed by atoms with E-state index in [4.69, 9.17) is 9.47 Å². The largest absolute Gasteiger partial charge is 0.388 e. The van der Waals surface area contributed by atoms with Gasteiger partial charge in [-0.1, -0.05) is 117 Å². The summed E-state index contributed by atoms with van der Waals surface area (Å²) in [5, 5.41) is 21.1. The Hall–Kier alpha value is -2.37. The Morgan fingerprint density at radius 1 is 0.558 bits per heavy atom. The molecule has 5 rings (SSSR count). The molecule has 4 aromatic rings. The monoisotopic (exact) mass is 728 g/mol. The number of aliphatic hydroxyl groups excluding tert-OH is 2. The minimum atomic E-state index is -4.07. The topological polar surface area (TPSA) is 93.1 Å². The minimum Gasteiger partial charge on any atom is -0.388 e. The first-order valence-electron chi connectivity index (χ1n) is 14.1. The average molecular weight is 731 g/mol. The second-order valence-electron chi connectivity index (χ2n) is 10.8. The molecule has 6 nitrogen and oxygen atoms in total. The van der Waals surface area contributed by atoms with Crippen molar-refractivity contribution in [1.82, 2.24) is 0 Å². The van der Waals surface area contributed by atoms with E-state index in [9.17, 15) is 18.6 Å². The van der Waals surface area contributed by atoms with Crippen molar-refractivity contribution in [1.29, 1.82) is 0 Å². The molecule has 1 fully saturated rings. The van der Waals surface area contributed by atoms with Crippen LogP contribution in [0.25, 0.3) is 0 Å². The number of halogens is 2. The van der Waals surface area contributed by atoms with Crippen molar-refractivity contribution in [2.45, 2.75) is 61.0 Å². The third kappa shape index (κ3) is 8.02. The van der Waals surface area contributed by atoms with Gasteiger partial charge in [0, 0.05) is 8.95 Å². The summed E-state index contributed by atoms with van der Waals surface area (Å²) >= 11 is 6.93. The van der Waals surface area contributed by atoms with Gasteiger partial charge in [0.05, 0.1) is 23.7 Å². The molecule has 9 heteroatoms. The predicted octanol–water partition coefficient (Wildman–Crippen LogP) is 6.06. The molecular weight excluding hydrogens is 696 g/mol. The summed E-state index contributed by atoms with van der Waals surface area (Å²) in [7, 11) is -4.07. The first-order chi connectivity index (χ1) is 20.7. The number of rotatable bonds is 10. The fourth-order valence-electron chi connectivity index (χ4n) is 5.63. The van der Waals surface area contributed by atoms with E-state index in [-0.39, 0.29) is 26.1 Å². The summed E-state index contributed by atoms with van der Waals surface area (Å²) in [4.78, 5) is 0. The van der Waals surface area contributed by atoms with Crippen molar-refractivity contribution in [2.24, 2.45) is 0 Å². The van der Waals surface area contributed by atoms with Crippen LogP contribution in [0.3, 0.4) is 0 Å². The van der Waals surface area contributed by atoms with Crippen LogP contribution in [0.4, 0.5) is 0 Å². The number of aliphatic hydroxyl groups is 2. The molecule has 6 atom stereocenters. The summed E-state index contributed by atoms with van der Waals surface area (Å²) in [6.45, 7) is 0.114. The number of hydrogen-bond acceptors (Lipinski definition) is 6. The zero-order chi connectivity index (χ0) is 30.4. The lowest BCUT2D eigenvalue weighted by Gasteiger charge is -2.31. The summed E-state index contributed by atoms with van der Waals surface area (Å²) in [5.74, 6) is 0. The highest BCUT2D eigenvalue weighted by molar-refractivity contribution is 9.10. The Morgan fingerprint density at radius 3 is 1.30 bits per heavy atom. The van der Waals surface area contributed by atoms with Crippen LogP contribution in [-0.4, -0.2) is 53.5 Å². The summed E-state index contributed by atoms with van der Waals surface area (Å²) in [6.07, 6.45) is -5.25. The summed E-state index contributed by atoms with van der Waals surface area (Å²) in [5.41, 5.74) is 3.19. The second kappa shape index (κ2) is 14.6. The van der Waals surface area contributed by atoms with Gasteiger partial charge in [-0.3, -0.25) is 0 Å². The molecule has 0 saturated carbocycles. The zero-order valence-electron chi connectivity index (χ0n) is 23.4. The van der Waals surface area contributed by atoms with Crippen LogP contribution in [0.2, 0.25) is 0 Å². The highest BCUT2D eigenvalue weighted by Gasteiger charge is 2.54. The Bertz CT molecular complexity index is 1470. The van der Waals surface area contributed by atoms with Crippen LogP contribution in [0.1, 0.15) is 22.3 Å². The van der Waals surface area contributed by atoms with Crippen molar-refractivity contribution in [3.63, 3.8) is 0 Å². The van der Waals surface area contributed by atoms with Gasteiger partial charge in [-0.25, -0.2) is 8.42 Å². The molecule has 1 saturated heterocycles. The molecule has 1 aliphatic heterocycles. The van der Waals surface area contributed by atoms with E-state index in [2.05, 4.69) is 31.9 Å². The first-order valence-corrected chi connectivity index (χ1v) is 17.3. The van der Waals surface area contributed by atoms with Gasteiger partial charge in [0.2, 0.25) is 0 Å². The lowest BCUT2D eigenvalue weighted by Crippen LogP contribution is -2.49. The zero-order valence-corrected chi connectivity index (χ0v) is 27.4. The van der Waals surface area contributed by atoms with E-state index in [1.54, 1.807) is 0 Å². The molecule has 0 aliphatic carbocycles. The Labute approximate surface area is 269 Å². The molecule has 1 heterocycles. The van der Waals surface area contributed by atoms with Gasteiger partial charge in [0.15, 0.2) is 9.84 Å². The molecule has 1 aliphatic rings. The van der Waals surface area contributed by atoms with Crippen LogP contribution < -0.4 is 0 Å². The van der Waals surface area contributed by atoms with E-state index in [0.717, 1.165) is 31.2 Å². The number of sulfone groups is 1. The molecule has 4 aromatic carbocycles. The Kier molecular flexibility index (Phi) is 10.9. The van der Waals surface area contributed by atoms with Crippen molar-refractivity contribution in [3.05, 3.63) is 140 Å². The maximum absolute atomic E-state index is 14.8. The number of benzene rings is 4. The van der Waals surface area contributed by atoms with Crippen LogP contribution >= 0.6 is 31.9 Å². The van der Waals surface area contributed by atoms with Gasteiger partial charge in [0.1, 0.15) is 24.4 Å². The third-order valence-electron chi connectivity index (χ3n) is 7.82. The van der Waals surface area contributed by atoms with Gasteiger partial charge in [-0.05, 0) is 59.4 Å². The lowest BCUT2D eigenvalue weighted by molar-refractivity contribution is -0.139. The van der Waals surface area contributed by atoms with Gasteiger partial charge in [-0.2, -0.15) is 0 Å². The van der Waals surface area contributed by atoms with E-state index in [0.29, 0.717) is 0 Å². The molecule has 226 valence electrons. The molecule has 0 aromatic heterocycles. The van der Waals surface area contributed by atoms with E-state index < -0.39 is 44.8 Å². The fraction of sp³-hybridized carbons (Fsp3) is 0.294. The standard InChI is InChI=1S/C34H34Br2O6S/c35-27-15-7-13-25(17-27)21-41-33-29(19-23-9-3-1-4-10-23)43(39,40)30(20-24-11-5-2-6-12-24)34(32(38)31(33)37)42-22-26-14-8-16-28(36)18-26/h1-18,29-34,37-38H,19-22H2/t29-,30-,31-,32-,33+,34+/m1/s1. The predicted molar refractivity (Wildman–Crippen MR) is 174 cm³/mol. The van der Waals surface area contributed by atoms with Crippen molar-refractivity contribution in [2.75, 3.05) is 0 Å². The van der Waals surface area contributed by atoms with Crippen molar-refractivity contribution >= 4 is 41.7 Å². The Morgan fingerprint density at radius 2 is 0.930 bits per heavy atom. The maximum atomic E-state index is 14.8. The highest BCUT2D eigenvalue weighted by atomic mass is 79.9. The second-order valence-corrected chi connectivity index (χ2v) is 15.1. The van der Waals surface area contributed by atoms with E-state index in [1.807, 2.05) is 109 Å². The smallest absolute Gasteiger partial charge is 0.161 e. The van der Waals surface area contributed by atoms with E-state index in [1.165, 1.54) is 0 Å². The number of ether oxygens (including phenoxy) is 2. The van der Waals surface area contributed by atoms with Crippen molar-refractivity contribution < 1.29 is 28.1 Å². The van der Waals surface area contributed by atoms with Crippen LogP contribution in [0.5, 0.6) is 0 Å². The van der Waals surface area contributed by atoms with Gasteiger partial charge in [-0.15, -0.1) is 0 Å². The highest BCUT2D eigenvalue weighted by Crippen LogP contribution is 2.35. The van der Waals surface area contributed by atoms with Crippen LogP contribution in [0, 0.1) is 0 Å². The lowest BCUT2D eigenvalue weighted by atomic mass is 9.94. The molecule has 0 amide bonds. The number of hydrogen-bond donors (Lipinski definition) is 2. The fourth-order valence-corrected chi connectivity index (χ4v) is 9.05. The van der Waals surface area contributed by atoms with Gasteiger partial charge >= 0.3 is 0 Å². The Balaban J connectivity index is 1.55. The summed E-state index contributed by atoms with van der Waals surface area (Å²) in [6, 6.07) is 33.6. The van der Waals surface area contributed by atoms with Crippen LogP contribution in [-0.2, 0) is 45.4 Å². The molecular formula is C34H34Br2O6S. The summed E-state index contributed by atoms with van der Waals surface area (Å²) < 4.78 is 43.8. The maximum Gasteiger partial charge on any atom is 0.161 e. The molecule has 0 bridgehead atoms. The molecule has 43 heavy (non-hydrogen) atoms. The molecule has 0 unspecified atom stereocenters.